The van der Waals surface area contributed by atoms with Gasteiger partial charge in [0.25, 0.3) is 0 Å². The number of esters is 1. The SMILES string of the molecule is COC(=O)C(CC(C)C)NCC1(CC#N)CC1. The molecule has 1 unspecified atom stereocenters. The molecule has 0 aromatic carbocycles. The highest BCUT2D eigenvalue weighted by Gasteiger charge is 2.42. The topological polar surface area (TPSA) is 62.1 Å². The number of rotatable bonds is 7. The Balaban J connectivity index is 2.44. The molecule has 1 atom stereocenters. The molecule has 1 aliphatic rings. The van der Waals surface area contributed by atoms with Crippen LogP contribution in [-0.2, 0) is 9.53 Å². The van der Waals surface area contributed by atoms with Gasteiger partial charge in [-0.2, -0.15) is 5.26 Å². The van der Waals surface area contributed by atoms with Crippen LogP contribution in [0.4, 0.5) is 0 Å². The lowest BCUT2D eigenvalue weighted by atomic mass is 10.0. The van der Waals surface area contributed by atoms with Crippen LogP contribution in [0.25, 0.3) is 0 Å². The molecule has 1 rings (SSSR count). The van der Waals surface area contributed by atoms with E-state index in [1.807, 2.05) is 0 Å². The Morgan fingerprint density at radius 1 is 1.53 bits per heavy atom. The van der Waals surface area contributed by atoms with Gasteiger partial charge in [-0.05, 0) is 30.6 Å². The maximum absolute atomic E-state index is 11.6. The molecule has 1 saturated carbocycles. The Labute approximate surface area is 103 Å². The zero-order chi connectivity index (χ0) is 12.9. The quantitative estimate of drug-likeness (QED) is 0.688. The van der Waals surface area contributed by atoms with Gasteiger partial charge in [0.1, 0.15) is 6.04 Å². The molecular formula is C13H22N2O2. The Morgan fingerprint density at radius 2 is 2.18 bits per heavy atom. The Hall–Kier alpha value is -1.08. The molecule has 1 N–H and O–H groups in total. The molecule has 0 aromatic heterocycles. The van der Waals surface area contributed by atoms with Gasteiger partial charge < -0.3 is 10.1 Å². The van der Waals surface area contributed by atoms with E-state index in [2.05, 4.69) is 25.2 Å². The van der Waals surface area contributed by atoms with Crippen molar-refractivity contribution in [3.8, 4) is 6.07 Å². The summed E-state index contributed by atoms with van der Waals surface area (Å²) in [6.45, 7) is 4.91. The van der Waals surface area contributed by atoms with Crippen molar-refractivity contribution in [2.75, 3.05) is 13.7 Å². The highest BCUT2D eigenvalue weighted by molar-refractivity contribution is 5.75. The van der Waals surface area contributed by atoms with E-state index >= 15 is 0 Å². The maximum Gasteiger partial charge on any atom is 0.322 e. The fraction of sp³-hybridized carbons (Fsp3) is 0.846. The first-order valence-corrected chi connectivity index (χ1v) is 6.21. The van der Waals surface area contributed by atoms with Crippen LogP contribution in [0.2, 0.25) is 0 Å². The van der Waals surface area contributed by atoms with Crippen molar-refractivity contribution in [1.29, 1.82) is 5.26 Å². The van der Waals surface area contributed by atoms with Crippen molar-refractivity contribution < 1.29 is 9.53 Å². The van der Waals surface area contributed by atoms with Gasteiger partial charge in [-0.25, -0.2) is 0 Å². The van der Waals surface area contributed by atoms with Crippen LogP contribution in [0.5, 0.6) is 0 Å². The monoisotopic (exact) mass is 238 g/mol. The van der Waals surface area contributed by atoms with Gasteiger partial charge in [0.2, 0.25) is 0 Å². The fourth-order valence-electron chi connectivity index (χ4n) is 1.98. The summed E-state index contributed by atoms with van der Waals surface area (Å²) in [6.07, 6.45) is 3.52. The van der Waals surface area contributed by atoms with Crippen LogP contribution < -0.4 is 5.32 Å². The predicted octanol–water partition coefficient (Wildman–Crippen LogP) is 1.86. The number of carbonyl (C=O) groups excluding carboxylic acids is 1. The lowest BCUT2D eigenvalue weighted by Gasteiger charge is -2.21. The summed E-state index contributed by atoms with van der Waals surface area (Å²) in [5.74, 6) is 0.240. The maximum atomic E-state index is 11.6. The molecule has 0 heterocycles. The van der Waals surface area contributed by atoms with E-state index in [9.17, 15) is 4.79 Å². The number of nitrogens with zero attached hydrogens (tertiary/aromatic N) is 1. The van der Waals surface area contributed by atoms with Crippen LogP contribution in [0.15, 0.2) is 0 Å². The van der Waals surface area contributed by atoms with Crippen LogP contribution in [0, 0.1) is 22.7 Å². The average Bonchev–Trinajstić information content (AvgIpc) is 3.03. The number of nitrogens with one attached hydrogen (secondary N) is 1. The Bertz CT molecular complexity index is 303. The number of methoxy groups -OCH3 is 1. The molecule has 1 fully saturated rings. The first-order valence-electron chi connectivity index (χ1n) is 6.21. The van der Waals surface area contributed by atoms with E-state index in [1.54, 1.807) is 0 Å². The van der Waals surface area contributed by atoms with Crippen molar-refractivity contribution in [2.45, 2.75) is 45.6 Å². The molecule has 4 nitrogen and oxygen atoms in total. The summed E-state index contributed by atoms with van der Waals surface area (Å²) < 4.78 is 4.79. The summed E-state index contributed by atoms with van der Waals surface area (Å²) in [4.78, 5) is 11.6. The van der Waals surface area contributed by atoms with Crippen molar-refractivity contribution in [2.24, 2.45) is 11.3 Å². The Kier molecular flexibility index (Phi) is 4.95. The molecule has 0 bridgehead atoms. The predicted molar refractivity (Wildman–Crippen MR) is 65.2 cm³/mol. The second kappa shape index (κ2) is 6.02. The van der Waals surface area contributed by atoms with E-state index in [1.165, 1.54) is 7.11 Å². The molecule has 0 radical (unpaired) electrons. The third-order valence-corrected chi connectivity index (χ3v) is 3.33. The van der Waals surface area contributed by atoms with Crippen LogP contribution in [0.1, 0.15) is 39.5 Å². The van der Waals surface area contributed by atoms with Gasteiger partial charge >= 0.3 is 5.97 Å². The number of carbonyl (C=O) groups is 1. The molecule has 0 amide bonds. The van der Waals surface area contributed by atoms with Gasteiger partial charge in [0.05, 0.1) is 13.2 Å². The minimum atomic E-state index is -0.240. The van der Waals surface area contributed by atoms with Crippen LogP contribution >= 0.6 is 0 Å². The molecule has 0 aliphatic heterocycles. The minimum absolute atomic E-state index is 0.123. The fourth-order valence-corrected chi connectivity index (χ4v) is 1.98. The third kappa shape index (κ3) is 4.35. The smallest absolute Gasteiger partial charge is 0.322 e. The van der Waals surface area contributed by atoms with Crippen molar-refractivity contribution in [3.05, 3.63) is 0 Å². The number of ether oxygens (including phenoxy) is 1. The number of hydrogen-bond donors (Lipinski definition) is 1. The standard InChI is InChI=1S/C13H22N2O2/c1-10(2)8-11(12(16)17-3)15-9-13(4-5-13)6-7-14/h10-11,15H,4-6,8-9H2,1-3H3. The van der Waals surface area contributed by atoms with Crippen molar-refractivity contribution >= 4 is 5.97 Å². The zero-order valence-electron chi connectivity index (χ0n) is 11.0. The largest absolute Gasteiger partial charge is 0.468 e. The summed E-state index contributed by atoms with van der Waals surface area (Å²) in [5.41, 5.74) is 0.123. The lowest BCUT2D eigenvalue weighted by molar-refractivity contribution is -0.143. The molecule has 4 heteroatoms. The van der Waals surface area contributed by atoms with Gasteiger partial charge in [0.15, 0.2) is 0 Å². The summed E-state index contributed by atoms with van der Waals surface area (Å²) in [7, 11) is 1.42. The van der Waals surface area contributed by atoms with E-state index in [0.717, 1.165) is 25.8 Å². The zero-order valence-corrected chi connectivity index (χ0v) is 11.0. The van der Waals surface area contributed by atoms with E-state index < -0.39 is 0 Å². The Morgan fingerprint density at radius 3 is 2.59 bits per heavy atom. The normalized spacial score (nSPS) is 18.5. The van der Waals surface area contributed by atoms with Gasteiger partial charge in [0, 0.05) is 13.0 Å². The summed E-state index contributed by atoms with van der Waals surface area (Å²) in [5, 5.41) is 12.0. The van der Waals surface area contributed by atoms with Crippen molar-refractivity contribution in [1.82, 2.24) is 5.32 Å². The number of nitriles is 1. The molecule has 96 valence electrons. The second-order valence-corrected chi connectivity index (χ2v) is 5.42. The van der Waals surface area contributed by atoms with E-state index in [0.29, 0.717) is 12.3 Å². The van der Waals surface area contributed by atoms with E-state index in [-0.39, 0.29) is 17.4 Å². The highest BCUT2D eigenvalue weighted by Crippen LogP contribution is 2.47. The number of hydrogen-bond acceptors (Lipinski definition) is 4. The molecular weight excluding hydrogens is 216 g/mol. The van der Waals surface area contributed by atoms with Crippen molar-refractivity contribution in [3.63, 3.8) is 0 Å². The molecule has 0 spiro atoms. The second-order valence-electron chi connectivity index (χ2n) is 5.42. The van der Waals surface area contributed by atoms with Gasteiger partial charge in [-0.3, -0.25) is 4.79 Å². The van der Waals surface area contributed by atoms with Gasteiger partial charge in [-0.1, -0.05) is 13.8 Å². The molecule has 0 saturated heterocycles. The summed E-state index contributed by atoms with van der Waals surface area (Å²) >= 11 is 0. The first kappa shape index (κ1) is 14.0. The van der Waals surface area contributed by atoms with E-state index in [4.69, 9.17) is 10.00 Å². The summed E-state index contributed by atoms with van der Waals surface area (Å²) in [6, 6.07) is 1.98. The molecule has 1 aliphatic carbocycles. The minimum Gasteiger partial charge on any atom is -0.468 e. The van der Waals surface area contributed by atoms with Crippen LogP contribution in [-0.4, -0.2) is 25.7 Å². The first-order chi connectivity index (χ1) is 8.03. The van der Waals surface area contributed by atoms with Gasteiger partial charge in [-0.15, -0.1) is 0 Å². The third-order valence-electron chi connectivity index (χ3n) is 3.33. The average molecular weight is 238 g/mol. The molecule has 0 aromatic rings. The molecule has 17 heavy (non-hydrogen) atoms. The lowest BCUT2D eigenvalue weighted by Crippen LogP contribution is -2.41. The van der Waals surface area contributed by atoms with Crippen LogP contribution in [0.3, 0.4) is 0 Å². The highest BCUT2D eigenvalue weighted by atomic mass is 16.5.